The third-order valence-corrected chi connectivity index (χ3v) is 3.03. The van der Waals surface area contributed by atoms with Crippen LogP contribution in [0.15, 0.2) is 46.0 Å². The molecule has 6 nitrogen and oxygen atoms in total. The minimum absolute atomic E-state index is 0.174. The molecule has 0 saturated carbocycles. The second-order valence-corrected chi connectivity index (χ2v) is 4.33. The van der Waals surface area contributed by atoms with Crippen LogP contribution < -0.4 is 16.1 Å². The molecule has 0 aliphatic heterocycles. The minimum atomic E-state index is -2.49. The molecule has 0 saturated heterocycles. The molecule has 0 fully saturated rings. The zero-order valence-electron chi connectivity index (χ0n) is 14.2. The highest BCUT2D eigenvalue weighted by Crippen LogP contribution is 2.24. The molecule has 0 amide bonds. The molecule has 20 heavy (non-hydrogen) atoms. The summed E-state index contributed by atoms with van der Waals surface area (Å²) in [6.07, 6.45) is 0. The van der Waals surface area contributed by atoms with Crippen LogP contribution in [0.3, 0.4) is 0 Å². The van der Waals surface area contributed by atoms with Crippen molar-refractivity contribution < 1.29 is 8.85 Å². The summed E-state index contributed by atoms with van der Waals surface area (Å²) in [4.78, 5) is 23.9. The van der Waals surface area contributed by atoms with Crippen molar-refractivity contribution in [1.29, 1.82) is 0 Å². The number of benzene rings is 1. The van der Waals surface area contributed by atoms with Gasteiger partial charge in [-0.05, 0) is 24.5 Å². The van der Waals surface area contributed by atoms with Crippen molar-refractivity contribution in [2.24, 2.45) is 7.05 Å². The van der Waals surface area contributed by atoms with E-state index >= 15 is 0 Å². The lowest BCUT2D eigenvalue weighted by Gasteiger charge is -2.18. The van der Waals surface area contributed by atoms with E-state index in [1.165, 1.54) is 14.2 Å². The number of hydrogen-bond donors (Lipinski definition) is 1. The van der Waals surface area contributed by atoms with Crippen molar-refractivity contribution in [2.75, 3.05) is 7.11 Å². The largest absolute Gasteiger partial charge is 0.497 e. The maximum Gasteiger partial charge on any atom is 0.347 e. The van der Waals surface area contributed by atoms with E-state index in [1.807, 2.05) is 0 Å². The van der Waals surface area contributed by atoms with E-state index in [1.54, 1.807) is 24.3 Å². The first-order valence-corrected chi connectivity index (χ1v) is 5.87. The molecule has 0 spiro atoms. The van der Waals surface area contributed by atoms with Crippen molar-refractivity contribution >= 4 is 0 Å². The highest BCUT2D eigenvalue weighted by molar-refractivity contribution is 5.32. The maximum atomic E-state index is 12.2. The SMILES string of the molecule is [2H]C([2H])([2H])C(=C)C(c1ccc(OC)cc1)n1[nH]c(=O)n(C)c1=O. The number of rotatable bonds is 4. The molecule has 0 aliphatic carbocycles. The van der Waals surface area contributed by atoms with Crippen molar-refractivity contribution in [3.63, 3.8) is 0 Å². The van der Waals surface area contributed by atoms with Crippen LogP contribution in [0.4, 0.5) is 0 Å². The summed E-state index contributed by atoms with van der Waals surface area (Å²) in [5.41, 5.74) is -0.962. The Hall–Kier alpha value is -2.50. The molecule has 6 heteroatoms. The van der Waals surface area contributed by atoms with Gasteiger partial charge in [-0.1, -0.05) is 24.3 Å². The van der Waals surface area contributed by atoms with Gasteiger partial charge in [0.2, 0.25) is 0 Å². The molecule has 106 valence electrons. The molecule has 2 rings (SSSR count). The average Bonchev–Trinajstić information content (AvgIpc) is 2.75. The van der Waals surface area contributed by atoms with Gasteiger partial charge in [0.25, 0.3) is 0 Å². The van der Waals surface area contributed by atoms with Crippen molar-refractivity contribution in [2.45, 2.75) is 12.9 Å². The van der Waals surface area contributed by atoms with Crippen LogP contribution in [0.5, 0.6) is 5.75 Å². The topological polar surface area (TPSA) is 69.0 Å². The van der Waals surface area contributed by atoms with E-state index in [4.69, 9.17) is 8.85 Å². The Morgan fingerprint density at radius 3 is 2.50 bits per heavy atom. The molecule has 1 aromatic carbocycles. The van der Waals surface area contributed by atoms with Gasteiger partial charge in [0.1, 0.15) is 11.8 Å². The van der Waals surface area contributed by atoms with Gasteiger partial charge in [-0.2, -0.15) is 0 Å². The van der Waals surface area contributed by atoms with E-state index in [0.717, 1.165) is 9.25 Å². The van der Waals surface area contributed by atoms with Crippen LogP contribution in [0.2, 0.25) is 0 Å². The fourth-order valence-corrected chi connectivity index (χ4v) is 1.94. The smallest absolute Gasteiger partial charge is 0.347 e. The van der Waals surface area contributed by atoms with Gasteiger partial charge >= 0.3 is 11.4 Å². The summed E-state index contributed by atoms with van der Waals surface area (Å²) in [5, 5.41) is 2.36. The second-order valence-electron chi connectivity index (χ2n) is 4.33. The van der Waals surface area contributed by atoms with Gasteiger partial charge in [-0.3, -0.25) is 0 Å². The summed E-state index contributed by atoms with van der Waals surface area (Å²) in [6.45, 7) is 1.13. The molecule has 1 atom stereocenters. The van der Waals surface area contributed by atoms with Gasteiger partial charge in [0, 0.05) is 11.2 Å². The van der Waals surface area contributed by atoms with E-state index in [-0.39, 0.29) is 5.57 Å². The number of nitrogens with one attached hydrogen (secondary N) is 1. The Balaban J connectivity index is 2.64. The van der Waals surface area contributed by atoms with E-state index in [9.17, 15) is 9.59 Å². The zero-order valence-corrected chi connectivity index (χ0v) is 11.2. The third-order valence-electron chi connectivity index (χ3n) is 3.03. The van der Waals surface area contributed by atoms with Crippen LogP contribution in [0.25, 0.3) is 0 Å². The highest BCUT2D eigenvalue weighted by atomic mass is 16.5. The predicted octanol–water partition coefficient (Wildman–Crippen LogP) is 1.05. The van der Waals surface area contributed by atoms with E-state index in [0.29, 0.717) is 11.3 Å². The minimum Gasteiger partial charge on any atom is -0.497 e. The number of methoxy groups -OCH3 is 1. The number of nitrogens with zero attached hydrogens (tertiary/aromatic N) is 2. The summed E-state index contributed by atoms with van der Waals surface area (Å²) < 4.78 is 29.6. The lowest BCUT2D eigenvalue weighted by Crippen LogP contribution is -2.29. The Labute approximate surface area is 120 Å². The lowest BCUT2D eigenvalue weighted by molar-refractivity contribution is 0.414. The number of H-pyrrole nitrogens is 1. The number of aromatic amines is 1. The Morgan fingerprint density at radius 1 is 1.40 bits per heavy atom. The maximum absolute atomic E-state index is 12.2. The molecule has 0 bridgehead atoms. The first-order valence-electron chi connectivity index (χ1n) is 7.37. The monoisotopic (exact) mass is 278 g/mol. The number of aromatic nitrogens is 3. The Morgan fingerprint density at radius 2 is 2.05 bits per heavy atom. The van der Waals surface area contributed by atoms with Crippen LogP contribution in [-0.4, -0.2) is 21.5 Å². The van der Waals surface area contributed by atoms with Crippen molar-refractivity contribution in [3.05, 3.63) is 62.9 Å². The molecule has 1 aromatic heterocycles. The quantitative estimate of drug-likeness (QED) is 0.850. The second kappa shape index (κ2) is 5.24. The summed E-state index contributed by atoms with van der Waals surface area (Å²) >= 11 is 0. The van der Waals surface area contributed by atoms with Gasteiger partial charge in [-0.15, -0.1) is 0 Å². The molecule has 2 aromatic rings. The van der Waals surface area contributed by atoms with Gasteiger partial charge in [-0.25, -0.2) is 23.9 Å². The van der Waals surface area contributed by atoms with Crippen LogP contribution in [-0.2, 0) is 7.05 Å². The molecule has 1 N–H and O–H groups in total. The highest BCUT2D eigenvalue weighted by Gasteiger charge is 2.19. The fraction of sp³-hybridized carbons (Fsp3) is 0.286. The van der Waals surface area contributed by atoms with Gasteiger partial charge < -0.3 is 4.74 Å². The van der Waals surface area contributed by atoms with Crippen LogP contribution in [0.1, 0.15) is 22.6 Å². The molecule has 0 radical (unpaired) electrons. The average molecular weight is 278 g/mol. The predicted molar refractivity (Wildman–Crippen MR) is 76.2 cm³/mol. The third kappa shape index (κ3) is 2.32. The molecular weight excluding hydrogens is 258 g/mol. The van der Waals surface area contributed by atoms with E-state index < -0.39 is 24.3 Å². The number of ether oxygens (including phenoxy) is 1. The lowest BCUT2D eigenvalue weighted by atomic mass is 10.0. The fourth-order valence-electron chi connectivity index (χ4n) is 1.94. The van der Waals surface area contributed by atoms with E-state index in [2.05, 4.69) is 11.7 Å². The molecule has 0 aliphatic rings. The molecule has 1 unspecified atom stereocenters. The summed E-state index contributed by atoms with van der Waals surface area (Å²) in [6, 6.07) is 5.51. The van der Waals surface area contributed by atoms with Gasteiger partial charge in [0.05, 0.1) is 7.11 Å². The standard InChI is InChI=1S/C14H17N3O3/c1-9(2)12(10-5-7-11(20-4)8-6-10)17-14(19)16(3)13(18)15-17/h5-8,12H,1H2,2-4H3,(H,15,18)/i2D3. The molecular formula is C14H17N3O3. The Bertz CT molecular complexity index is 828. The summed E-state index contributed by atoms with van der Waals surface area (Å²) in [5.74, 6) is 0.584. The van der Waals surface area contributed by atoms with Crippen LogP contribution >= 0.6 is 0 Å². The first-order chi connectivity index (χ1) is 10.7. The first kappa shape index (κ1) is 10.3. The summed E-state index contributed by atoms with van der Waals surface area (Å²) in [7, 11) is 2.81. The zero-order chi connectivity index (χ0) is 17.4. The number of hydrogen-bond acceptors (Lipinski definition) is 3. The van der Waals surface area contributed by atoms with Crippen LogP contribution in [0, 0.1) is 0 Å². The van der Waals surface area contributed by atoms with Crippen molar-refractivity contribution in [3.8, 4) is 5.75 Å². The normalized spacial score (nSPS) is 15.0. The Kier molecular flexibility index (Phi) is 2.70. The molecule has 1 heterocycles. The van der Waals surface area contributed by atoms with Gasteiger partial charge in [0.15, 0.2) is 0 Å². The van der Waals surface area contributed by atoms with Crippen molar-refractivity contribution in [1.82, 2.24) is 14.3 Å². The number of allylic oxidation sites excluding steroid dienone is 1.